The Labute approximate surface area is 103 Å². The molecule has 0 bridgehead atoms. The lowest BCUT2D eigenvalue weighted by molar-refractivity contribution is -0.112. The standard InChI is InChI=1S/C12H22N2OS/c1-3-13-9-6-12(7-10-13)14(4-2)8-5-11(15)16-12/h3-10H2,1-2H3. The highest BCUT2D eigenvalue weighted by Gasteiger charge is 2.43. The van der Waals surface area contributed by atoms with Crippen molar-refractivity contribution in [3.05, 3.63) is 0 Å². The first kappa shape index (κ1) is 12.4. The summed E-state index contributed by atoms with van der Waals surface area (Å²) in [6.45, 7) is 9.90. The molecular weight excluding hydrogens is 220 g/mol. The van der Waals surface area contributed by atoms with Crippen molar-refractivity contribution in [3.63, 3.8) is 0 Å². The van der Waals surface area contributed by atoms with E-state index in [1.54, 1.807) is 11.8 Å². The van der Waals surface area contributed by atoms with E-state index in [0.717, 1.165) is 52.0 Å². The molecule has 0 amide bonds. The molecule has 0 radical (unpaired) electrons. The normalized spacial score (nSPS) is 27.5. The van der Waals surface area contributed by atoms with Crippen LogP contribution in [0.3, 0.4) is 0 Å². The van der Waals surface area contributed by atoms with E-state index in [0.29, 0.717) is 5.12 Å². The van der Waals surface area contributed by atoms with E-state index >= 15 is 0 Å². The molecule has 2 aliphatic rings. The maximum absolute atomic E-state index is 11.7. The molecule has 0 N–H and O–H groups in total. The summed E-state index contributed by atoms with van der Waals surface area (Å²) in [6.07, 6.45) is 3.02. The van der Waals surface area contributed by atoms with Gasteiger partial charge in [0.1, 0.15) is 0 Å². The van der Waals surface area contributed by atoms with Crippen LogP contribution in [0, 0.1) is 0 Å². The molecule has 16 heavy (non-hydrogen) atoms. The molecule has 92 valence electrons. The summed E-state index contributed by atoms with van der Waals surface area (Å²) < 4.78 is 0. The predicted octanol–water partition coefficient (Wildman–Crippen LogP) is 1.78. The first-order chi connectivity index (χ1) is 7.70. The highest BCUT2D eigenvalue weighted by molar-refractivity contribution is 8.14. The van der Waals surface area contributed by atoms with E-state index in [-0.39, 0.29) is 4.87 Å². The third kappa shape index (κ3) is 2.29. The van der Waals surface area contributed by atoms with E-state index in [2.05, 4.69) is 23.6 Å². The Morgan fingerprint density at radius 1 is 1.19 bits per heavy atom. The number of hydrogen-bond donors (Lipinski definition) is 0. The van der Waals surface area contributed by atoms with Crippen LogP contribution in [0.4, 0.5) is 0 Å². The van der Waals surface area contributed by atoms with Crippen LogP contribution < -0.4 is 0 Å². The van der Waals surface area contributed by atoms with Crippen LogP contribution in [0.1, 0.15) is 33.1 Å². The lowest BCUT2D eigenvalue weighted by atomic mass is 10.0. The molecule has 3 nitrogen and oxygen atoms in total. The van der Waals surface area contributed by atoms with Gasteiger partial charge in [-0.3, -0.25) is 9.69 Å². The van der Waals surface area contributed by atoms with E-state index in [4.69, 9.17) is 0 Å². The molecule has 0 aromatic heterocycles. The maximum atomic E-state index is 11.7. The SMILES string of the molecule is CCN1CCC2(CC1)SC(=O)CCN2CC. The number of rotatable bonds is 2. The number of piperidine rings is 1. The van der Waals surface area contributed by atoms with Crippen LogP contribution in [0.5, 0.6) is 0 Å². The van der Waals surface area contributed by atoms with E-state index in [1.807, 2.05) is 0 Å². The van der Waals surface area contributed by atoms with Crippen LogP contribution in [-0.4, -0.2) is 52.5 Å². The van der Waals surface area contributed by atoms with E-state index < -0.39 is 0 Å². The summed E-state index contributed by atoms with van der Waals surface area (Å²) in [4.78, 5) is 16.8. The lowest BCUT2D eigenvalue weighted by Crippen LogP contribution is -2.56. The van der Waals surface area contributed by atoms with Crippen molar-refractivity contribution in [2.24, 2.45) is 0 Å². The topological polar surface area (TPSA) is 23.6 Å². The Kier molecular flexibility index (Phi) is 3.93. The highest BCUT2D eigenvalue weighted by atomic mass is 32.2. The highest BCUT2D eigenvalue weighted by Crippen LogP contribution is 2.43. The van der Waals surface area contributed by atoms with Gasteiger partial charge in [0.05, 0.1) is 4.87 Å². The molecule has 2 saturated heterocycles. The van der Waals surface area contributed by atoms with Crippen molar-refractivity contribution >= 4 is 16.9 Å². The second-order valence-electron chi connectivity index (χ2n) is 4.68. The van der Waals surface area contributed by atoms with Gasteiger partial charge in [-0.2, -0.15) is 0 Å². The molecule has 0 aliphatic carbocycles. The zero-order valence-electron chi connectivity index (χ0n) is 10.4. The Morgan fingerprint density at radius 3 is 2.44 bits per heavy atom. The van der Waals surface area contributed by atoms with Crippen LogP contribution in [0.15, 0.2) is 0 Å². The Bertz CT molecular complexity index is 262. The number of likely N-dealkylation sites (tertiary alicyclic amines) is 1. The van der Waals surface area contributed by atoms with Gasteiger partial charge in [-0.25, -0.2) is 0 Å². The molecule has 2 fully saturated rings. The van der Waals surface area contributed by atoms with Crippen molar-refractivity contribution in [2.75, 3.05) is 32.7 Å². The van der Waals surface area contributed by atoms with E-state index in [9.17, 15) is 4.79 Å². The molecule has 2 aliphatic heterocycles. The minimum absolute atomic E-state index is 0.135. The minimum Gasteiger partial charge on any atom is -0.303 e. The number of carbonyl (C=O) groups excluding carboxylic acids is 1. The van der Waals surface area contributed by atoms with E-state index in [1.165, 1.54) is 0 Å². The average Bonchev–Trinajstić information content (AvgIpc) is 2.30. The van der Waals surface area contributed by atoms with Gasteiger partial charge >= 0.3 is 0 Å². The zero-order chi connectivity index (χ0) is 11.6. The monoisotopic (exact) mass is 242 g/mol. The number of thioether (sulfide) groups is 1. The molecule has 2 rings (SSSR count). The number of nitrogens with zero attached hydrogens (tertiary/aromatic N) is 2. The summed E-state index contributed by atoms with van der Waals surface area (Å²) in [5.74, 6) is 0. The second kappa shape index (κ2) is 5.07. The quantitative estimate of drug-likeness (QED) is 0.736. The lowest BCUT2D eigenvalue weighted by Gasteiger charge is -2.49. The first-order valence-corrected chi connectivity index (χ1v) is 7.21. The van der Waals surface area contributed by atoms with Crippen molar-refractivity contribution in [2.45, 2.75) is 38.0 Å². The summed E-state index contributed by atoms with van der Waals surface area (Å²) in [7, 11) is 0. The summed E-state index contributed by atoms with van der Waals surface area (Å²) >= 11 is 1.62. The second-order valence-corrected chi connectivity index (χ2v) is 6.10. The molecule has 0 aromatic carbocycles. The number of carbonyl (C=O) groups is 1. The van der Waals surface area contributed by atoms with Gasteiger partial charge in [-0.1, -0.05) is 25.6 Å². The van der Waals surface area contributed by atoms with Gasteiger partial charge in [-0.15, -0.1) is 0 Å². The molecule has 1 spiro atoms. The summed E-state index contributed by atoms with van der Waals surface area (Å²) in [6, 6.07) is 0. The van der Waals surface area contributed by atoms with Crippen LogP contribution in [-0.2, 0) is 4.79 Å². The molecule has 0 atom stereocenters. The maximum Gasteiger partial charge on any atom is 0.192 e. The van der Waals surface area contributed by atoms with Crippen LogP contribution >= 0.6 is 11.8 Å². The molecule has 0 aromatic rings. The largest absolute Gasteiger partial charge is 0.303 e. The van der Waals surface area contributed by atoms with Gasteiger partial charge in [0, 0.05) is 26.1 Å². The molecule has 0 unspecified atom stereocenters. The van der Waals surface area contributed by atoms with Crippen molar-refractivity contribution in [3.8, 4) is 0 Å². The fraction of sp³-hybridized carbons (Fsp3) is 0.917. The predicted molar refractivity (Wildman–Crippen MR) is 68.5 cm³/mol. The Hall–Kier alpha value is -0.0600. The fourth-order valence-electron chi connectivity index (χ4n) is 2.84. The molecule has 0 saturated carbocycles. The summed E-state index contributed by atoms with van der Waals surface area (Å²) in [5.41, 5.74) is 0. The smallest absolute Gasteiger partial charge is 0.192 e. The molecular formula is C12H22N2OS. The zero-order valence-corrected chi connectivity index (χ0v) is 11.2. The average molecular weight is 242 g/mol. The molecule has 2 heterocycles. The third-order valence-electron chi connectivity index (χ3n) is 3.93. The first-order valence-electron chi connectivity index (χ1n) is 6.39. The number of hydrogen-bond acceptors (Lipinski definition) is 4. The molecule has 4 heteroatoms. The van der Waals surface area contributed by atoms with Crippen LogP contribution in [0.2, 0.25) is 0 Å². The van der Waals surface area contributed by atoms with Crippen molar-refractivity contribution < 1.29 is 4.79 Å². The minimum atomic E-state index is 0.135. The Balaban J connectivity index is 2.06. The van der Waals surface area contributed by atoms with Crippen molar-refractivity contribution in [1.82, 2.24) is 9.80 Å². The van der Waals surface area contributed by atoms with Gasteiger partial charge in [0.15, 0.2) is 5.12 Å². The van der Waals surface area contributed by atoms with Crippen LogP contribution in [0.25, 0.3) is 0 Å². The van der Waals surface area contributed by atoms with Gasteiger partial charge in [0.25, 0.3) is 0 Å². The summed E-state index contributed by atoms with van der Waals surface area (Å²) in [5, 5.41) is 0.398. The van der Waals surface area contributed by atoms with Gasteiger partial charge < -0.3 is 4.90 Å². The fourth-order valence-corrected chi connectivity index (χ4v) is 4.19. The van der Waals surface area contributed by atoms with Gasteiger partial charge in [0.2, 0.25) is 0 Å². The van der Waals surface area contributed by atoms with Gasteiger partial charge in [-0.05, 0) is 25.9 Å². The third-order valence-corrected chi connectivity index (χ3v) is 5.41. The Morgan fingerprint density at radius 2 is 1.88 bits per heavy atom. The van der Waals surface area contributed by atoms with Crippen molar-refractivity contribution in [1.29, 1.82) is 0 Å².